The molecular formula is C11H10O2. The molecule has 1 aromatic rings. The maximum absolute atomic E-state index is 11.2. The Morgan fingerprint density at radius 2 is 2.15 bits per heavy atom. The maximum Gasteiger partial charge on any atom is 0.338 e. The van der Waals surface area contributed by atoms with Crippen molar-refractivity contribution in [2.45, 2.75) is 25.4 Å². The van der Waals surface area contributed by atoms with E-state index < -0.39 is 0 Å². The summed E-state index contributed by atoms with van der Waals surface area (Å²) in [7, 11) is 0. The van der Waals surface area contributed by atoms with Crippen LogP contribution in [0, 0.1) is 0 Å². The molecule has 0 unspecified atom stereocenters. The summed E-state index contributed by atoms with van der Waals surface area (Å²) in [6.07, 6.45) is 2.54. The number of fused-ring (bicyclic) bond motifs is 1. The molecule has 1 fully saturated rings. The van der Waals surface area contributed by atoms with Gasteiger partial charge in [-0.25, -0.2) is 4.79 Å². The first-order valence-electron chi connectivity index (χ1n) is 4.64. The van der Waals surface area contributed by atoms with Crippen molar-refractivity contribution in [3.8, 4) is 0 Å². The van der Waals surface area contributed by atoms with E-state index >= 15 is 0 Å². The van der Waals surface area contributed by atoms with Gasteiger partial charge in [-0.2, -0.15) is 0 Å². The quantitative estimate of drug-likeness (QED) is 0.610. The highest BCUT2D eigenvalue weighted by molar-refractivity contribution is 5.93. The number of esters is 1. The Morgan fingerprint density at radius 3 is 2.92 bits per heavy atom. The minimum absolute atomic E-state index is 0.155. The van der Waals surface area contributed by atoms with E-state index in [1.807, 2.05) is 12.1 Å². The lowest BCUT2D eigenvalue weighted by Gasteiger charge is -1.99. The second-order valence-corrected chi connectivity index (χ2v) is 3.77. The molecule has 0 aromatic heterocycles. The molecule has 1 saturated carbocycles. The van der Waals surface area contributed by atoms with Crippen LogP contribution in [0.5, 0.6) is 0 Å². The van der Waals surface area contributed by atoms with Gasteiger partial charge in [0.25, 0.3) is 0 Å². The van der Waals surface area contributed by atoms with E-state index in [0.717, 1.165) is 11.1 Å². The first-order chi connectivity index (χ1) is 6.34. The molecule has 2 aliphatic rings. The number of benzene rings is 1. The maximum atomic E-state index is 11.2. The van der Waals surface area contributed by atoms with E-state index in [4.69, 9.17) is 4.74 Å². The van der Waals surface area contributed by atoms with E-state index in [2.05, 4.69) is 6.07 Å². The van der Waals surface area contributed by atoms with Crippen molar-refractivity contribution in [3.05, 3.63) is 34.9 Å². The molecule has 3 rings (SSSR count). The Bertz CT molecular complexity index is 378. The Kier molecular flexibility index (Phi) is 1.29. The van der Waals surface area contributed by atoms with Crippen molar-refractivity contribution in [2.75, 3.05) is 0 Å². The molecule has 0 atom stereocenters. The van der Waals surface area contributed by atoms with Crippen LogP contribution in [0.3, 0.4) is 0 Å². The molecule has 0 spiro atoms. The van der Waals surface area contributed by atoms with Crippen molar-refractivity contribution >= 4 is 5.97 Å². The fraction of sp³-hybridized carbons (Fsp3) is 0.364. The number of hydrogen-bond donors (Lipinski definition) is 0. The third-order valence-corrected chi connectivity index (χ3v) is 2.76. The Balaban J connectivity index is 2.09. The standard InChI is InChI=1S/C11H10O2/c12-11-10-5-8(7-1-2-7)3-4-9(10)6-13-11/h3-5,7H,1-2,6H2. The Labute approximate surface area is 76.5 Å². The number of carbonyl (C=O) groups is 1. The molecule has 1 aliphatic carbocycles. The summed E-state index contributed by atoms with van der Waals surface area (Å²) >= 11 is 0. The van der Waals surface area contributed by atoms with Gasteiger partial charge < -0.3 is 4.74 Å². The van der Waals surface area contributed by atoms with Crippen molar-refractivity contribution < 1.29 is 9.53 Å². The highest BCUT2D eigenvalue weighted by Gasteiger charge is 2.27. The summed E-state index contributed by atoms with van der Waals surface area (Å²) in [5.74, 6) is 0.552. The molecule has 66 valence electrons. The third-order valence-electron chi connectivity index (χ3n) is 2.76. The van der Waals surface area contributed by atoms with E-state index in [1.165, 1.54) is 18.4 Å². The van der Waals surface area contributed by atoms with Gasteiger partial charge in [-0.05, 0) is 30.4 Å². The zero-order chi connectivity index (χ0) is 8.84. The lowest BCUT2D eigenvalue weighted by atomic mass is 10.0. The fourth-order valence-electron chi connectivity index (χ4n) is 1.80. The van der Waals surface area contributed by atoms with E-state index in [-0.39, 0.29) is 5.97 Å². The molecule has 0 bridgehead atoms. The van der Waals surface area contributed by atoms with Crippen molar-refractivity contribution in [1.29, 1.82) is 0 Å². The summed E-state index contributed by atoms with van der Waals surface area (Å²) in [6.45, 7) is 0.457. The first kappa shape index (κ1) is 7.13. The smallest absolute Gasteiger partial charge is 0.338 e. The van der Waals surface area contributed by atoms with Crippen LogP contribution < -0.4 is 0 Å². The van der Waals surface area contributed by atoms with Crippen LogP contribution in [0.1, 0.15) is 40.2 Å². The molecule has 13 heavy (non-hydrogen) atoms. The molecule has 0 N–H and O–H groups in total. The minimum atomic E-state index is -0.155. The van der Waals surface area contributed by atoms with Gasteiger partial charge in [-0.15, -0.1) is 0 Å². The predicted molar refractivity (Wildman–Crippen MR) is 47.5 cm³/mol. The van der Waals surface area contributed by atoms with Crippen molar-refractivity contribution in [2.24, 2.45) is 0 Å². The number of hydrogen-bond acceptors (Lipinski definition) is 2. The number of ether oxygens (including phenoxy) is 1. The molecule has 2 nitrogen and oxygen atoms in total. The van der Waals surface area contributed by atoms with E-state index in [9.17, 15) is 4.79 Å². The topological polar surface area (TPSA) is 26.3 Å². The van der Waals surface area contributed by atoms with Gasteiger partial charge in [-0.3, -0.25) is 0 Å². The van der Waals surface area contributed by atoms with Gasteiger partial charge in [0.15, 0.2) is 0 Å². The van der Waals surface area contributed by atoms with Crippen LogP contribution in [0.15, 0.2) is 18.2 Å². The molecule has 0 saturated heterocycles. The zero-order valence-electron chi connectivity index (χ0n) is 7.25. The monoisotopic (exact) mass is 174 g/mol. The van der Waals surface area contributed by atoms with Crippen molar-refractivity contribution in [3.63, 3.8) is 0 Å². The summed E-state index contributed by atoms with van der Waals surface area (Å²) in [5.41, 5.74) is 3.12. The zero-order valence-corrected chi connectivity index (χ0v) is 7.25. The molecule has 0 radical (unpaired) electrons. The second-order valence-electron chi connectivity index (χ2n) is 3.77. The first-order valence-corrected chi connectivity index (χ1v) is 4.64. The van der Waals surface area contributed by atoms with Crippen LogP contribution in [0.2, 0.25) is 0 Å². The normalized spacial score (nSPS) is 19.8. The van der Waals surface area contributed by atoms with Crippen molar-refractivity contribution in [1.82, 2.24) is 0 Å². The van der Waals surface area contributed by atoms with Crippen LogP contribution in [-0.4, -0.2) is 5.97 Å². The SMILES string of the molecule is O=C1OCc2ccc(C3CC3)cc21. The van der Waals surface area contributed by atoms with Crippen LogP contribution >= 0.6 is 0 Å². The Hall–Kier alpha value is -1.31. The number of rotatable bonds is 1. The molecule has 1 heterocycles. The average molecular weight is 174 g/mol. The van der Waals surface area contributed by atoms with Crippen LogP contribution in [0.25, 0.3) is 0 Å². The van der Waals surface area contributed by atoms with Gasteiger partial charge in [0.05, 0.1) is 5.56 Å². The molecule has 0 amide bonds. The van der Waals surface area contributed by atoms with Gasteiger partial charge in [0, 0.05) is 5.56 Å². The van der Waals surface area contributed by atoms with Gasteiger partial charge in [0.1, 0.15) is 6.61 Å². The highest BCUT2D eigenvalue weighted by atomic mass is 16.5. The fourth-order valence-corrected chi connectivity index (χ4v) is 1.80. The highest BCUT2D eigenvalue weighted by Crippen LogP contribution is 2.41. The van der Waals surface area contributed by atoms with Crippen LogP contribution in [-0.2, 0) is 11.3 Å². The minimum Gasteiger partial charge on any atom is -0.457 e. The lowest BCUT2D eigenvalue weighted by molar-refractivity contribution is 0.0535. The second kappa shape index (κ2) is 2.34. The summed E-state index contributed by atoms with van der Waals surface area (Å²) in [6, 6.07) is 6.15. The average Bonchev–Trinajstić information content (AvgIpc) is 2.93. The van der Waals surface area contributed by atoms with Gasteiger partial charge in [0.2, 0.25) is 0 Å². The largest absolute Gasteiger partial charge is 0.457 e. The van der Waals surface area contributed by atoms with Gasteiger partial charge >= 0.3 is 5.97 Å². The lowest BCUT2D eigenvalue weighted by Crippen LogP contribution is -1.94. The van der Waals surface area contributed by atoms with Crippen LogP contribution in [0.4, 0.5) is 0 Å². The molecular weight excluding hydrogens is 164 g/mol. The van der Waals surface area contributed by atoms with E-state index in [0.29, 0.717) is 12.5 Å². The summed E-state index contributed by atoms with van der Waals surface area (Å²) < 4.78 is 4.94. The summed E-state index contributed by atoms with van der Waals surface area (Å²) in [4.78, 5) is 11.2. The van der Waals surface area contributed by atoms with Gasteiger partial charge in [-0.1, -0.05) is 12.1 Å². The number of carbonyl (C=O) groups excluding carboxylic acids is 1. The predicted octanol–water partition coefficient (Wildman–Crippen LogP) is 2.23. The Morgan fingerprint density at radius 1 is 1.31 bits per heavy atom. The molecule has 2 heteroatoms. The number of cyclic esters (lactones) is 1. The molecule has 1 aromatic carbocycles. The third kappa shape index (κ3) is 1.05. The molecule has 1 aliphatic heterocycles. The summed E-state index contributed by atoms with van der Waals surface area (Å²) in [5, 5.41) is 0. The van der Waals surface area contributed by atoms with E-state index in [1.54, 1.807) is 0 Å².